The van der Waals surface area contributed by atoms with E-state index in [4.69, 9.17) is 4.98 Å². The van der Waals surface area contributed by atoms with Crippen molar-refractivity contribution in [2.75, 3.05) is 0 Å². The maximum Gasteiger partial charge on any atom is 0.0717 e. The SMILES string of the molecule is Cc1ccc(-c2ccc(-c3cccc(-c4c5ccccc5c(-c5ccc6ccccc6c5)c5ccccc45)c3)cn2)cn1. The molecule has 0 aliphatic heterocycles. The average molecular weight is 549 g/mol. The standard InChI is InChI=1S/C41H28N2/c1-27-17-18-34(26-42-27)39-22-21-33(25-43-39)30-11-8-12-31(24-30)40-35-13-4-6-15-37(35)41(38-16-7-5-14-36(38)40)32-20-19-28-9-2-3-10-29(28)23-32/h2-26H,1H3. The van der Waals surface area contributed by atoms with Gasteiger partial charge in [0, 0.05) is 29.2 Å². The summed E-state index contributed by atoms with van der Waals surface area (Å²) in [6.07, 6.45) is 3.85. The molecule has 0 unspecified atom stereocenters. The highest BCUT2D eigenvalue weighted by atomic mass is 14.7. The molecule has 0 amide bonds. The highest BCUT2D eigenvalue weighted by Gasteiger charge is 2.17. The fraction of sp³-hybridized carbons (Fsp3) is 0.0244. The number of benzene rings is 6. The van der Waals surface area contributed by atoms with Crippen molar-refractivity contribution in [3.05, 3.63) is 158 Å². The van der Waals surface area contributed by atoms with Crippen LogP contribution in [0.4, 0.5) is 0 Å². The van der Waals surface area contributed by atoms with E-state index in [2.05, 4.69) is 138 Å². The van der Waals surface area contributed by atoms with Crippen LogP contribution in [0.15, 0.2) is 152 Å². The Hall–Kier alpha value is -5.60. The first-order chi connectivity index (χ1) is 21.2. The molecule has 2 nitrogen and oxygen atoms in total. The van der Waals surface area contributed by atoms with Gasteiger partial charge < -0.3 is 0 Å². The predicted octanol–water partition coefficient (Wildman–Crippen LogP) is 10.9. The Morgan fingerprint density at radius 1 is 0.372 bits per heavy atom. The summed E-state index contributed by atoms with van der Waals surface area (Å²) in [5.41, 5.74) is 10.2. The van der Waals surface area contributed by atoms with Crippen LogP contribution >= 0.6 is 0 Å². The van der Waals surface area contributed by atoms with Crippen LogP contribution in [0, 0.1) is 6.92 Å². The molecule has 43 heavy (non-hydrogen) atoms. The molecule has 202 valence electrons. The minimum absolute atomic E-state index is 0.925. The van der Waals surface area contributed by atoms with E-state index >= 15 is 0 Å². The Labute approximate surface area is 251 Å². The van der Waals surface area contributed by atoms with Crippen molar-refractivity contribution in [2.24, 2.45) is 0 Å². The molecule has 2 heterocycles. The van der Waals surface area contributed by atoms with Gasteiger partial charge in [-0.2, -0.15) is 0 Å². The molecule has 0 saturated heterocycles. The van der Waals surface area contributed by atoms with Gasteiger partial charge in [0.05, 0.1) is 5.69 Å². The van der Waals surface area contributed by atoms with Crippen molar-refractivity contribution in [3.8, 4) is 44.6 Å². The fourth-order valence-corrected chi connectivity index (χ4v) is 6.30. The van der Waals surface area contributed by atoms with Gasteiger partial charge in [0.25, 0.3) is 0 Å². The minimum Gasteiger partial charge on any atom is -0.261 e. The van der Waals surface area contributed by atoms with Crippen LogP contribution in [0.3, 0.4) is 0 Å². The zero-order chi connectivity index (χ0) is 28.8. The minimum atomic E-state index is 0.925. The van der Waals surface area contributed by atoms with E-state index in [1.807, 2.05) is 25.4 Å². The quantitative estimate of drug-likeness (QED) is 0.204. The number of hydrogen-bond donors (Lipinski definition) is 0. The number of pyridine rings is 2. The summed E-state index contributed by atoms with van der Waals surface area (Å²) in [5.74, 6) is 0. The van der Waals surface area contributed by atoms with Gasteiger partial charge in [0.2, 0.25) is 0 Å². The molecule has 0 aliphatic carbocycles. The average Bonchev–Trinajstić information content (AvgIpc) is 3.07. The third-order valence-corrected chi connectivity index (χ3v) is 8.42. The fourth-order valence-electron chi connectivity index (χ4n) is 6.30. The van der Waals surface area contributed by atoms with Crippen molar-refractivity contribution in [1.82, 2.24) is 9.97 Å². The molecule has 0 N–H and O–H groups in total. The molecule has 0 radical (unpaired) electrons. The normalized spacial score (nSPS) is 11.4. The van der Waals surface area contributed by atoms with Gasteiger partial charge in [0.15, 0.2) is 0 Å². The lowest BCUT2D eigenvalue weighted by atomic mass is 9.85. The lowest BCUT2D eigenvalue weighted by molar-refractivity contribution is 1.19. The van der Waals surface area contributed by atoms with Crippen LogP contribution < -0.4 is 0 Å². The Kier molecular flexibility index (Phi) is 6.05. The molecule has 0 aliphatic rings. The molecule has 0 fully saturated rings. The Morgan fingerprint density at radius 2 is 0.930 bits per heavy atom. The number of nitrogens with zero attached hydrogens (tertiary/aromatic N) is 2. The summed E-state index contributed by atoms with van der Waals surface area (Å²) in [4.78, 5) is 9.21. The van der Waals surface area contributed by atoms with Crippen LogP contribution in [0.2, 0.25) is 0 Å². The Balaban J connectivity index is 1.30. The van der Waals surface area contributed by atoms with Gasteiger partial charge >= 0.3 is 0 Å². The van der Waals surface area contributed by atoms with Crippen LogP contribution in [0.1, 0.15) is 5.69 Å². The number of aryl methyl sites for hydroxylation is 1. The smallest absolute Gasteiger partial charge is 0.0717 e. The predicted molar refractivity (Wildman–Crippen MR) is 181 cm³/mol. The van der Waals surface area contributed by atoms with Gasteiger partial charge in [-0.05, 0) is 97.4 Å². The number of hydrogen-bond acceptors (Lipinski definition) is 2. The van der Waals surface area contributed by atoms with Crippen LogP contribution in [0.25, 0.3) is 77.0 Å². The zero-order valence-electron chi connectivity index (χ0n) is 23.8. The summed E-state index contributed by atoms with van der Waals surface area (Å²) >= 11 is 0. The van der Waals surface area contributed by atoms with Gasteiger partial charge in [-0.1, -0.05) is 109 Å². The maximum absolute atomic E-state index is 4.78. The molecular weight excluding hydrogens is 520 g/mol. The Morgan fingerprint density at radius 3 is 1.56 bits per heavy atom. The first-order valence-electron chi connectivity index (χ1n) is 14.7. The second-order valence-electron chi connectivity index (χ2n) is 11.1. The van der Waals surface area contributed by atoms with Crippen LogP contribution in [-0.4, -0.2) is 9.97 Å². The molecule has 0 saturated carbocycles. The first kappa shape index (κ1) is 25.1. The number of rotatable bonds is 4. The van der Waals surface area contributed by atoms with Crippen molar-refractivity contribution < 1.29 is 0 Å². The summed E-state index contributed by atoms with van der Waals surface area (Å²) in [7, 11) is 0. The largest absolute Gasteiger partial charge is 0.261 e. The van der Waals surface area contributed by atoms with E-state index in [9.17, 15) is 0 Å². The maximum atomic E-state index is 4.78. The van der Waals surface area contributed by atoms with E-state index in [1.165, 1.54) is 54.6 Å². The monoisotopic (exact) mass is 548 g/mol. The van der Waals surface area contributed by atoms with Crippen LogP contribution in [-0.2, 0) is 0 Å². The lowest BCUT2D eigenvalue weighted by Gasteiger charge is -2.18. The van der Waals surface area contributed by atoms with E-state index in [1.54, 1.807) is 0 Å². The van der Waals surface area contributed by atoms with E-state index < -0.39 is 0 Å². The molecule has 0 bridgehead atoms. The molecular formula is C41H28N2. The molecule has 2 heteroatoms. The highest BCUT2D eigenvalue weighted by molar-refractivity contribution is 6.21. The zero-order valence-corrected chi connectivity index (χ0v) is 23.8. The second-order valence-corrected chi connectivity index (χ2v) is 11.1. The van der Waals surface area contributed by atoms with Crippen molar-refractivity contribution >= 4 is 32.3 Å². The van der Waals surface area contributed by atoms with Crippen molar-refractivity contribution in [2.45, 2.75) is 6.92 Å². The first-order valence-corrected chi connectivity index (χ1v) is 14.7. The third-order valence-electron chi connectivity index (χ3n) is 8.42. The molecule has 0 atom stereocenters. The summed E-state index contributed by atoms with van der Waals surface area (Å²) in [6.45, 7) is 2.00. The molecule has 0 spiro atoms. The van der Waals surface area contributed by atoms with Gasteiger partial charge in [0.1, 0.15) is 0 Å². The molecule has 8 aromatic rings. The van der Waals surface area contributed by atoms with E-state index in [0.717, 1.165) is 28.1 Å². The summed E-state index contributed by atoms with van der Waals surface area (Å²) in [6, 6.07) is 50.3. The lowest BCUT2D eigenvalue weighted by Crippen LogP contribution is -1.91. The van der Waals surface area contributed by atoms with E-state index in [0.29, 0.717) is 0 Å². The number of fused-ring (bicyclic) bond motifs is 3. The van der Waals surface area contributed by atoms with Crippen molar-refractivity contribution in [3.63, 3.8) is 0 Å². The van der Waals surface area contributed by atoms with E-state index in [-0.39, 0.29) is 0 Å². The molecule has 8 rings (SSSR count). The third kappa shape index (κ3) is 4.45. The highest BCUT2D eigenvalue weighted by Crippen LogP contribution is 2.44. The van der Waals surface area contributed by atoms with Gasteiger partial charge in [-0.25, -0.2) is 0 Å². The molecule has 6 aromatic carbocycles. The van der Waals surface area contributed by atoms with Crippen LogP contribution in [0.5, 0.6) is 0 Å². The second kappa shape index (κ2) is 10.3. The Bertz CT molecular complexity index is 2220. The van der Waals surface area contributed by atoms with Crippen molar-refractivity contribution in [1.29, 1.82) is 0 Å². The van der Waals surface area contributed by atoms with Gasteiger partial charge in [-0.15, -0.1) is 0 Å². The summed E-state index contributed by atoms with van der Waals surface area (Å²) < 4.78 is 0. The topological polar surface area (TPSA) is 25.8 Å². The molecule has 2 aromatic heterocycles. The summed E-state index contributed by atoms with van der Waals surface area (Å²) in [5, 5.41) is 7.53. The van der Waals surface area contributed by atoms with Gasteiger partial charge in [-0.3, -0.25) is 9.97 Å². The number of aromatic nitrogens is 2.